The summed E-state index contributed by atoms with van der Waals surface area (Å²) in [6.45, 7) is 5.87. The monoisotopic (exact) mass is 298 g/mol. The van der Waals surface area contributed by atoms with E-state index in [0.29, 0.717) is 5.56 Å². The fraction of sp³-hybridized carbons (Fsp3) is 0.412. The second-order valence-electron chi connectivity index (χ2n) is 5.86. The zero-order valence-electron chi connectivity index (χ0n) is 13.1. The van der Waals surface area contributed by atoms with Crippen LogP contribution in [0, 0.1) is 13.8 Å². The predicted octanol–water partition coefficient (Wildman–Crippen LogP) is 1.97. The van der Waals surface area contributed by atoms with Gasteiger partial charge in [-0.3, -0.25) is 4.79 Å². The summed E-state index contributed by atoms with van der Waals surface area (Å²) in [6, 6.07) is 8.26. The van der Waals surface area contributed by atoms with Gasteiger partial charge in [-0.1, -0.05) is 18.2 Å². The molecule has 1 saturated heterocycles. The molecule has 1 atom stereocenters. The van der Waals surface area contributed by atoms with E-state index >= 15 is 0 Å². The smallest absolute Gasteiger partial charge is 0.255 e. The van der Waals surface area contributed by atoms with Gasteiger partial charge in [-0.25, -0.2) is 4.68 Å². The number of carbonyl (C=O) groups is 1. The van der Waals surface area contributed by atoms with Gasteiger partial charge in [0.25, 0.3) is 5.91 Å². The minimum atomic E-state index is -0.0361. The van der Waals surface area contributed by atoms with Crippen LogP contribution in [0.25, 0.3) is 5.69 Å². The lowest BCUT2D eigenvalue weighted by Crippen LogP contribution is -2.45. The normalized spacial score (nSPS) is 18.2. The Labute approximate surface area is 130 Å². The van der Waals surface area contributed by atoms with Crippen molar-refractivity contribution in [2.75, 3.05) is 13.1 Å². The van der Waals surface area contributed by atoms with Crippen molar-refractivity contribution in [2.24, 2.45) is 0 Å². The molecule has 5 heteroatoms. The molecule has 2 aromatic rings. The standard InChI is InChI=1S/C17H22N4O/c1-12-6-3-4-8-16(12)21-13(2)15(11-19-21)17(22)20-14-7-5-9-18-10-14/h3-4,6,8,11,14,18H,5,7,9-10H2,1-2H3,(H,20,22)/t14-/m0/s1. The van der Waals surface area contributed by atoms with Gasteiger partial charge in [0.1, 0.15) is 0 Å². The first-order chi connectivity index (χ1) is 10.7. The number of hydrogen-bond acceptors (Lipinski definition) is 3. The fourth-order valence-corrected chi connectivity index (χ4v) is 2.91. The Morgan fingerprint density at radius 1 is 1.36 bits per heavy atom. The Balaban J connectivity index is 1.81. The number of rotatable bonds is 3. The maximum absolute atomic E-state index is 12.5. The highest BCUT2D eigenvalue weighted by atomic mass is 16.1. The van der Waals surface area contributed by atoms with Crippen LogP contribution in [0.2, 0.25) is 0 Å². The first-order valence-electron chi connectivity index (χ1n) is 7.79. The van der Waals surface area contributed by atoms with E-state index in [2.05, 4.69) is 15.7 Å². The lowest BCUT2D eigenvalue weighted by molar-refractivity contribution is 0.0930. The molecule has 3 rings (SSSR count). The topological polar surface area (TPSA) is 59.0 Å². The third-order valence-electron chi connectivity index (χ3n) is 4.23. The molecule has 1 aliphatic heterocycles. The summed E-state index contributed by atoms with van der Waals surface area (Å²) in [5.41, 5.74) is 3.67. The Hall–Kier alpha value is -2.14. The van der Waals surface area contributed by atoms with E-state index in [0.717, 1.165) is 42.9 Å². The molecule has 116 valence electrons. The van der Waals surface area contributed by atoms with Crippen molar-refractivity contribution in [2.45, 2.75) is 32.7 Å². The second-order valence-corrected chi connectivity index (χ2v) is 5.86. The summed E-state index contributed by atoms with van der Waals surface area (Å²) in [7, 11) is 0. The first-order valence-corrected chi connectivity index (χ1v) is 7.79. The lowest BCUT2D eigenvalue weighted by atomic mass is 10.1. The van der Waals surface area contributed by atoms with Crippen molar-refractivity contribution in [3.05, 3.63) is 47.3 Å². The summed E-state index contributed by atoms with van der Waals surface area (Å²) in [6.07, 6.45) is 3.80. The van der Waals surface area contributed by atoms with Gasteiger partial charge in [0, 0.05) is 12.6 Å². The van der Waals surface area contributed by atoms with Crippen molar-refractivity contribution in [3.8, 4) is 5.69 Å². The molecule has 1 aromatic heterocycles. The minimum absolute atomic E-state index is 0.0361. The van der Waals surface area contributed by atoms with E-state index in [9.17, 15) is 4.79 Å². The van der Waals surface area contributed by atoms with Crippen LogP contribution in [0.3, 0.4) is 0 Å². The van der Waals surface area contributed by atoms with Crippen LogP contribution in [0.5, 0.6) is 0 Å². The van der Waals surface area contributed by atoms with E-state index in [1.807, 2.05) is 42.8 Å². The van der Waals surface area contributed by atoms with Gasteiger partial charge in [-0.2, -0.15) is 5.10 Å². The lowest BCUT2D eigenvalue weighted by Gasteiger charge is -2.23. The molecular weight excluding hydrogens is 276 g/mol. The number of carbonyl (C=O) groups excluding carboxylic acids is 1. The highest BCUT2D eigenvalue weighted by molar-refractivity contribution is 5.95. The van der Waals surface area contributed by atoms with Gasteiger partial charge in [0.2, 0.25) is 0 Å². The van der Waals surface area contributed by atoms with Crippen LogP contribution in [-0.4, -0.2) is 34.8 Å². The molecule has 0 aliphatic carbocycles. The van der Waals surface area contributed by atoms with Gasteiger partial charge in [-0.05, 0) is 44.9 Å². The van der Waals surface area contributed by atoms with Crippen LogP contribution in [-0.2, 0) is 0 Å². The molecule has 2 N–H and O–H groups in total. The van der Waals surface area contributed by atoms with Crippen molar-refractivity contribution < 1.29 is 4.79 Å². The highest BCUT2D eigenvalue weighted by Crippen LogP contribution is 2.17. The summed E-state index contributed by atoms with van der Waals surface area (Å²) in [5, 5.41) is 10.8. The maximum Gasteiger partial charge on any atom is 0.255 e. The molecule has 1 aliphatic rings. The molecule has 5 nitrogen and oxygen atoms in total. The van der Waals surface area contributed by atoms with E-state index in [-0.39, 0.29) is 11.9 Å². The average Bonchev–Trinajstić information content (AvgIpc) is 2.90. The molecule has 2 heterocycles. The summed E-state index contributed by atoms with van der Waals surface area (Å²) in [4.78, 5) is 12.5. The first kappa shape index (κ1) is 14.8. The largest absolute Gasteiger partial charge is 0.348 e. The summed E-state index contributed by atoms with van der Waals surface area (Å²) in [5.74, 6) is -0.0361. The van der Waals surface area contributed by atoms with Gasteiger partial charge in [0.15, 0.2) is 0 Å². The number of para-hydroxylation sites is 1. The molecule has 1 fully saturated rings. The van der Waals surface area contributed by atoms with Crippen LogP contribution >= 0.6 is 0 Å². The van der Waals surface area contributed by atoms with Gasteiger partial charge < -0.3 is 10.6 Å². The third kappa shape index (κ3) is 2.90. The van der Waals surface area contributed by atoms with E-state index in [1.54, 1.807) is 6.20 Å². The van der Waals surface area contributed by atoms with Crippen molar-refractivity contribution >= 4 is 5.91 Å². The van der Waals surface area contributed by atoms with Crippen molar-refractivity contribution in [1.29, 1.82) is 0 Å². The van der Waals surface area contributed by atoms with Gasteiger partial charge >= 0.3 is 0 Å². The SMILES string of the molecule is Cc1ccccc1-n1ncc(C(=O)N[C@H]2CCCNC2)c1C. The van der Waals surface area contributed by atoms with E-state index in [4.69, 9.17) is 0 Å². The van der Waals surface area contributed by atoms with Crippen LogP contribution in [0.1, 0.15) is 34.5 Å². The Morgan fingerprint density at radius 3 is 2.91 bits per heavy atom. The van der Waals surface area contributed by atoms with E-state index in [1.165, 1.54) is 0 Å². The second kappa shape index (κ2) is 6.32. The van der Waals surface area contributed by atoms with Crippen molar-refractivity contribution in [1.82, 2.24) is 20.4 Å². The Morgan fingerprint density at radius 2 is 2.18 bits per heavy atom. The number of hydrogen-bond donors (Lipinski definition) is 2. The molecule has 22 heavy (non-hydrogen) atoms. The average molecular weight is 298 g/mol. The Bertz CT molecular complexity index is 671. The van der Waals surface area contributed by atoms with Gasteiger partial charge in [-0.15, -0.1) is 0 Å². The summed E-state index contributed by atoms with van der Waals surface area (Å²) >= 11 is 0. The highest BCUT2D eigenvalue weighted by Gasteiger charge is 2.20. The number of nitrogens with one attached hydrogen (secondary N) is 2. The molecule has 1 amide bonds. The Kier molecular flexibility index (Phi) is 4.24. The number of aromatic nitrogens is 2. The molecule has 0 bridgehead atoms. The zero-order chi connectivity index (χ0) is 15.5. The molecule has 0 saturated carbocycles. The minimum Gasteiger partial charge on any atom is -0.348 e. The van der Waals surface area contributed by atoms with Crippen LogP contribution in [0.15, 0.2) is 30.5 Å². The predicted molar refractivity (Wildman–Crippen MR) is 86.4 cm³/mol. The summed E-state index contributed by atoms with van der Waals surface area (Å²) < 4.78 is 1.84. The van der Waals surface area contributed by atoms with Crippen LogP contribution in [0.4, 0.5) is 0 Å². The molecule has 1 aromatic carbocycles. The maximum atomic E-state index is 12.5. The molecule has 0 radical (unpaired) electrons. The van der Waals surface area contributed by atoms with E-state index < -0.39 is 0 Å². The number of amides is 1. The number of aryl methyl sites for hydroxylation is 1. The molecular formula is C17H22N4O. The quantitative estimate of drug-likeness (QED) is 0.911. The third-order valence-corrected chi connectivity index (χ3v) is 4.23. The number of nitrogens with zero attached hydrogens (tertiary/aromatic N) is 2. The number of piperidine rings is 1. The number of benzene rings is 1. The molecule has 0 unspecified atom stereocenters. The fourth-order valence-electron chi connectivity index (χ4n) is 2.91. The van der Waals surface area contributed by atoms with Gasteiger partial charge in [0.05, 0.1) is 23.1 Å². The van der Waals surface area contributed by atoms with Crippen molar-refractivity contribution in [3.63, 3.8) is 0 Å². The molecule has 0 spiro atoms. The zero-order valence-corrected chi connectivity index (χ0v) is 13.1. The van der Waals surface area contributed by atoms with Crippen LogP contribution < -0.4 is 10.6 Å².